The normalized spacial score (nSPS) is 16.3. The van der Waals surface area contributed by atoms with Gasteiger partial charge in [0, 0.05) is 18.7 Å². The Morgan fingerprint density at radius 2 is 2.26 bits per heavy atom. The van der Waals surface area contributed by atoms with Crippen molar-refractivity contribution in [1.82, 2.24) is 10.2 Å². The summed E-state index contributed by atoms with van der Waals surface area (Å²) in [4.78, 5) is 24.8. The quantitative estimate of drug-likeness (QED) is 0.828. The Morgan fingerprint density at radius 3 is 2.95 bits per heavy atom. The number of primary amides is 1. The third kappa shape index (κ3) is 3.32. The van der Waals surface area contributed by atoms with Crippen LogP contribution in [0.3, 0.4) is 0 Å². The summed E-state index contributed by atoms with van der Waals surface area (Å²) in [5, 5.41) is 3.10. The fourth-order valence-electron chi connectivity index (χ4n) is 2.23. The number of nitrogens with one attached hydrogen (secondary N) is 1. The monoisotopic (exact) mass is 261 g/mol. The average molecular weight is 261 g/mol. The van der Waals surface area contributed by atoms with Crippen LogP contribution in [0.5, 0.6) is 0 Å². The summed E-state index contributed by atoms with van der Waals surface area (Å²) in [5.41, 5.74) is 7.80. The molecule has 0 unspecified atom stereocenters. The fourth-order valence-corrected chi connectivity index (χ4v) is 2.23. The van der Waals surface area contributed by atoms with E-state index in [1.807, 2.05) is 17.9 Å². The lowest BCUT2D eigenvalue weighted by Crippen LogP contribution is -2.34. The van der Waals surface area contributed by atoms with Gasteiger partial charge in [0.15, 0.2) is 0 Å². The van der Waals surface area contributed by atoms with E-state index in [9.17, 15) is 9.59 Å². The molecule has 5 heteroatoms. The lowest BCUT2D eigenvalue weighted by atomic mass is 10.0. The number of benzene rings is 1. The van der Waals surface area contributed by atoms with Gasteiger partial charge in [0.05, 0.1) is 6.54 Å². The number of nitrogens with zero attached hydrogens (tertiary/aromatic N) is 1. The second-order valence-corrected chi connectivity index (χ2v) is 4.85. The number of carbonyl (C=O) groups is 2. The summed E-state index contributed by atoms with van der Waals surface area (Å²) >= 11 is 0. The lowest BCUT2D eigenvalue weighted by molar-refractivity contribution is -0.130. The van der Waals surface area contributed by atoms with Crippen LogP contribution in [-0.2, 0) is 11.3 Å². The number of hydrogen-bond donors (Lipinski definition) is 2. The van der Waals surface area contributed by atoms with Crippen molar-refractivity contribution in [2.75, 3.05) is 19.6 Å². The van der Waals surface area contributed by atoms with Crippen molar-refractivity contribution in [2.45, 2.75) is 19.9 Å². The molecule has 1 heterocycles. The van der Waals surface area contributed by atoms with E-state index in [0.29, 0.717) is 18.7 Å². The molecule has 0 saturated carbocycles. The molecule has 0 bridgehead atoms. The fraction of sp³-hybridized carbons (Fsp3) is 0.429. The Bertz CT molecular complexity index is 499. The third-order valence-electron chi connectivity index (χ3n) is 3.40. The van der Waals surface area contributed by atoms with Gasteiger partial charge < -0.3 is 16.0 Å². The van der Waals surface area contributed by atoms with Crippen LogP contribution in [0, 0.1) is 6.92 Å². The van der Waals surface area contributed by atoms with Crippen LogP contribution in [0.25, 0.3) is 0 Å². The molecule has 0 aliphatic carbocycles. The van der Waals surface area contributed by atoms with Crippen LogP contribution in [0.15, 0.2) is 18.2 Å². The summed E-state index contributed by atoms with van der Waals surface area (Å²) in [7, 11) is 0. The molecule has 0 radical (unpaired) electrons. The SMILES string of the molecule is Cc1cc(C(N)=O)ccc1CN1CCCNCC1=O. The first-order chi connectivity index (χ1) is 9.08. The van der Waals surface area contributed by atoms with Crippen molar-refractivity contribution in [3.63, 3.8) is 0 Å². The molecule has 2 rings (SSSR count). The smallest absolute Gasteiger partial charge is 0.248 e. The maximum atomic E-state index is 11.9. The minimum absolute atomic E-state index is 0.121. The van der Waals surface area contributed by atoms with E-state index in [1.54, 1.807) is 12.1 Å². The Hall–Kier alpha value is -1.88. The van der Waals surface area contributed by atoms with Gasteiger partial charge in [0.25, 0.3) is 0 Å². The number of aryl methyl sites for hydroxylation is 1. The van der Waals surface area contributed by atoms with Crippen molar-refractivity contribution in [1.29, 1.82) is 0 Å². The zero-order chi connectivity index (χ0) is 13.8. The van der Waals surface area contributed by atoms with Gasteiger partial charge in [-0.3, -0.25) is 9.59 Å². The Labute approximate surface area is 112 Å². The second kappa shape index (κ2) is 5.84. The van der Waals surface area contributed by atoms with E-state index in [2.05, 4.69) is 5.32 Å². The minimum atomic E-state index is -0.426. The molecular weight excluding hydrogens is 242 g/mol. The summed E-state index contributed by atoms with van der Waals surface area (Å²) in [6.07, 6.45) is 0.962. The molecule has 1 aliphatic heterocycles. The van der Waals surface area contributed by atoms with Crippen molar-refractivity contribution in [3.05, 3.63) is 34.9 Å². The third-order valence-corrected chi connectivity index (χ3v) is 3.40. The van der Waals surface area contributed by atoms with Gasteiger partial charge in [-0.2, -0.15) is 0 Å². The van der Waals surface area contributed by atoms with Gasteiger partial charge in [-0.15, -0.1) is 0 Å². The van der Waals surface area contributed by atoms with E-state index in [0.717, 1.165) is 30.6 Å². The highest BCUT2D eigenvalue weighted by atomic mass is 16.2. The average Bonchev–Trinajstić information content (AvgIpc) is 2.57. The van der Waals surface area contributed by atoms with E-state index in [1.165, 1.54) is 0 Å². The topological polar surface area (TPSA) is 75.4 Å². The van der Waals surface area contributed by atoms with Gasteiger partial charge in [-0.1, -0.05) is 6.07 Å². The van der Waals surface area contributed by atoms with Crippen LogP contribution < -0.4 is 11.1 Å². The van der Waals surface area contributed by atoms with E-state index in [-0.39, 0.29) is 5.91 Å². The molecule has 1 saturated heterocycles. The summed E-state index contributed by atoms with van der Waals surface area (Å²) in [6.45, 7) is 4.57. The minimum Gasteiger partial charge on any atom is -0.366 e. The maximum Gasteiger partial charge on any atom is 0.248 e. The van der Waals surface area contributed by atoms with Crippen LogP contribution >= 0.6 is 0 Å². The van der Waals surface area contributed by atoms with Gasteiger partial charge in [-0.05, 0) is 43.1 Å². The van der Waals surface area contributed by atoms with E-state index < -0.39 is 5.91 Å². The number of nitrogens with two attached hydrogens (primary N) is 1. The first-order valence-corrected chi connectivity index (χ1v) is 6.46. The number of amides is 2. The van der Waals surface area contributed by atoms with Crippen molar-refractivity contribution < 1.29 is 9.59 Å². The Morgan fingerprint density at radius 1 is 1.47 bits per heavy atom. The maximum absolute atomic E-state index is 11.9. The standard InChI is InChI=1S/C14H19N3O2/c1-10-7-11(14(15)19)3-4-12(10)9-17-6-2-5-16-8-13(17)18/h3-4,7,16H,2,5-6,8-9H2,1H3,(H2,15,19). The molecule has 2 amide bonds. The first kappa shape index (κ1) is 13.5. The van der Waals surface area contributed by atoms with Crippen molar-refractivity contribution in [2.24, 2.45) is 5.73 Å². The van der Waals surface area contributed by atoms with E-state index >= 15 is 0 Å². The Balaban J connectivity index is 2.14. The largest absolute Gasteiger partial charge is 0.366 e. The van der Waals surface area contributed by atoms with Gasteiger partial charge >= 0.3 is 0 Å². The zero-order valence-corrected chi connectivity index (χ0v) is 11.1. The van der Waals surface area contributed by atoms with Gasteiger partial charge in [0.2, 0.25) is 11.8 Å². The highest BCUT2D eigenvalue weighted by molar-refractivity contribution is 5.93. The van der Waals surface area contributed by atoms with Crippen LogP contribution in [0.1, 0.15) is 27.9 Å². The van der Waals surface area contributed by atoms with Gasteiger partial charge in [0.1, 0.15) is 0 Å². The summed E-state index contributed by atoms with van der Waals surface area (Å²) < 4.78 is 0. The Kier molecular flexibility index (Phi) is 4.16. The molecule has 1 aromatic carbocycles. The summed E-state index contributed by atoms with van der Waals surface area (Å²) in [5.74, 6) is -0.305. The predicted octanol–water partition coefficient (Wildman–Crippen LogP) is 0.416. The predicted molar refractivity (Wildman–Crippen MR) is 72.6 cm³/mol. The van der Waals surface area contributed by atoms with Crippen molar-refractivity contribution >= 4 is 11.8 Å². The molecule has 19 heavy (non-hydrogen) atoms. The molecule has 1 aliphatic rings. The molecule has 0 atom stereocenters. The van der Waals surface area contributed by atoms with Gasteiger partial charge in [-0.25, -0.2) is 0 Å². The molecule has 3 N–H and O–H groups in total. The zero-order valence-electron chi connectivity index (χ0n) is 11.1. The molecule has 0 spiro atoms. The van der Waals surface area contributed by atoms with Crippen molar-refractivity contribution in [3.8, 4) is 0 Å². The summed E-state index contributed by atoms with van der Waals surface area (Å²) in [6, 6.07) is 5.37. The molecular formula is C14H19N3O2. The van der Waals surface area contributed by atoms with Crippen LogP contribution in [0.2, 0.25) is 0 Å². The number of rotatable bonds is 3. The molecule has 0 aromatic heterocycles. The molecule has 1 aromatic rings. The molecule has 1 fully saturated rings. The lowest BCUT2D eigenvalue weighted by Gasteiger charge is -2.21. The highest BCUT2D eigenvalue weighted by Crippen LogP contribution is 2.14. The van der Waals surface area contributed by atoms with Crippen LogP contribution in [-0.4, -0.2) is 36.3 Å². The first-order valence-electron chi connectivity index (χ1n) is 6.46. The number of hydrogen-bond acceptors (Lipinski definition) is 3. The highest BCUT2D eigenvalue weighted by Gasteiger charge is 2.17. The van der Waals surface area contributed by atoms with Crippen LogP contribution in [0.4, 0.5) is 0 Å². The van der Waals surface area contributed by atoms with E-state index in [4.69, 9.17) is 5.73 Å². The molecule has 5 nitrogen and oxygen atoms in total. The second-order valence-electron chi connectivity index (χ2n) is 4.85. The number of carbonyl (C=O) groups excluding carboxylic acids is 2. The molecule has 102 valence electrons.